The fourth-order valence-corrected chi connectivity index (χ4v) is 4.84. The summed E-state index contributed by atoms with van der Waals surface area (Å²) in [7, 11) is -4.53. The average Bonchev–Trinajstić information content (AvgIpc) is 3.51. The van der Waals surface area contributed by atoms with Crippen LogP contribution in [0.4, 0.5) is 18.3 Å². The molecule has 0 bridgehead atoms. The van der Waals surface area contributed by atoms with Gasteiger partial charge in [-0.2, -0.15) is 23.2 Å². The first kappa shape index (κ1) is 23.0. The van der Waals surface area contributed by atoms with Crippen LogP contribution in [0.1, 0.15) is 5.56 Å². The zero-order valence-electron chi connectivity index (χ0n) is 16.6. The molecular formula is C19H11F3N6O4S2. The fraction of sp³-hybridized carbons (Fsp3) is 0.0526. The van der Waals surface area contributed by atoms with E-state index in [4.69, 9.17) is 4.84 Å². The van der Waals surface area contributed by atoms with Crippen LogP contribution in [-0.2, 0) is 10.0 Å². The van der Waals surface area contributed by atoms with Gasteiger partial charge in [-0.3, -0.25) is 5.10 Å². The Bertz CT molecular complexity index is 1440. The second-order valence-electron chi connectivity index (χ2n) is 6.33. The lowest BCUT2D eigenvalue weighted by Crippen LogP contribution is -2.35. The van der Waals surface area contributed by atoms with Gasteiger partial charge in [0.1, 0.15) is 23.0 Å². The standard InChI is InChI=1S/C19H11F3N6O4S2/c20-19(21,22)31-13-5-6-16(14(9-13)15-7-8-25-27-15)32-28(18-24-11-26-33-18)34(29,30)17-4-2-1-3-12(17)10-23/h1-9,11H,(H,25,27). The summed E-state index contributed by atoms with van der Waals surface area (Å²) in [6.45, 7) is 0. The van der Waals surface area contributed by atoms with Crippen LogP contribution in [0.15, 0.2) is 66.0 Å². The molecule has 0 spiro atoms. The highest BCUT2D eigenvalue weighted by molar-refractivity contribution is 7.92. The molecule has 0 aliphatic rings. The lowest BCUT2D eigenvalue weighted by molar-refractivity contribution is -0.274. The van der Waals surface area contributed by atoms with Gasteiger partial charge in [-0.05, 0) is 36.4 Å². The van der Waals surface area contributed by atoms with Crippen molar-refractivity contribution in [3.63, 3.8) is 0 Å². The lowest BCUT2D eigenvalue weighted by atomic mass is 10.1. The van der Waals surface area contributed by atoms with E-state index in [9.17, 15) is 26.9 Å². The van der Waals surface area contributed by atoms with Crippen molar-refractivity contribution in [3.05, 3.63) is 66.6 Å². The van der Waals surface area contributed by atoms with Gasteiger partial charge in [0.2, 0.25) is 0 Å². The lowest BCUT2D eigenvalue weighted by Gasteiger charge is -2.22. The number of sulfonamides is 1. The Morgan fingerprint density at radius 2 is 1.94 bits per heavy atom. The SMILES string of the molecule is N#Cc1ccccc1S(=O)(=O)N(Oc1ccc(OC(F)(F)F)cc1-c1ccn[nH]1)c1ncns1. The summed E-state index contributed by atoms with van der Waals surface area (Å²) in [6.07, 6.45) is -2.51. The number of aromatic nitrogens is 4. The minimum atomic E-state index is -4.95. The molecule has 4 rings (SSSR count). The topological polar surface area (TPSA) is 134 Å². The smallest absolute Gasteiger partial charge is 0.406 e. The van der Waals surface area contributed by atoms with Gasteiger partial charge in [0.05, 0.1) is 11.3 Å². The molecule has 34 heavy (non-hydrogen) atoms. The molecule has 0 aliphatic heterocycles. The highest BCUT2D eigenvalue weighted by Gasteiger charge is 2.34. The van der Waals surface area contributed by atoms with Crippen LogP contribution in [0.2, 0.25) is 0 Å². The number of benzene rings is 2. The van der Waals surface area contributed by atoms with Crippen molar-refractivity contribution in [2.24, 2.45) is 0 Å². The summed E-state index contributed by atoms with van der Waals surface area (Å²) in [6, 6.07) is 11.7. The Labute approximate surface area is 194 Å². The zero-order chi connectivity index (χ0) is 24.3. The van der Waals surface area contributed by atoms with Crippen molar-refractivity contribution in [2.45, 2.75) is 11.3 Å². The predicted molar refractivity (Wildman–Crippen MR) is 112 cm³/mol. The van der Waals surface area contributed by atoms with Crippen molar-refractivity contribution in [3.8, 4) is 28.8 Å². The zero-order valence-corrected chi connectivity index (χ0v) is 18.2. The first-order valence-corrected chi connectivity index (χ1v) is 11.3. The number of alkyl halides is 3. The van der Waals surface area contributed by atoms with Crippen molar-refractivity contribution in [2.75, 3.05) is 4.47 Å². The van der Waals surface area contributed by atoms with Gasteiger partial charge < -0.3 is 9.57 Å². The van der Waals surface area contributed by atoms with Gasteiger partial charge in [0, 0.05) is 23.3 Å². The molecule has 0 atom stereocenters. The molecule has 1 N–H and O–H groups in total. The number of halogens is 3. The van der Waals surface area contributed by atoms with Crippen molar-refractivity contribution in [1.29, 1.82) is 5.26 Å². The molecule has 0 fully saturated rings. The second kappa shape index (κ2) is 9.00. The van der Waals surface area contributed by atoms with Crippen molar-refractivity contribution >= 4 is 26.7 Å². The van der Waals surface area contributed by atoms with Gasteiger partial charge in [0.25, 0.3) is 15.2 Å². The van der Waals surface area contributed by atoms with Crippen LogP contribution in [0.5, 0.6) is 11.5 Å². The molecule has 15 heteroatoms. The molecule has 2 aromatic carbocycles. The number of rotatable bonds is 7. The number of nitrogens with zero attached hydrogens (tertiary/aromatic N) is 5. The summed E-state index contributed by atoms with van der Waals surface area (Å²) >= 11 is 0.684. The van der Waals surface area contributed by atoms with E-state index in [1.54, 1.807) is 6.07 Å². The maximum Gasteiger partial charge on any atom is 0.573 e. The Balaban J connectivity index is 1.83. The molecule has 10 nitrogen and oxygen atoms in total. The van der Waals surface area contributed by atoms with Crippen LogP contribution in [-0.4, -0.2) is 34.3 Å². The number of hydrogen-bond donors (Lipinski definition) is 1. The maximum atomic E-state index is 13.5. The summed E-state index contributed by atoms with van der Waals surface area (Å²) in [5, 5.41) is 15.5. The average molecular weight is 508 g/mol. The van der Waals surface area contributed by atoms with Gasteiger partial charge in [-0.25, -0.2) is 4.98 Å². The monoisotopic (exact) mass is 508 g/mol. The first-order valence-electron chi connectivity index (χ1n) is 9.08. The fourth-order valence-electron chi connectivity index (χ4n) is 2.80. The molecule has 0 amide bonds. The number of anilines is 1. The van der Waals surface area contributed by atoms with Crippen molar-refractivity contribution in [1.82, 2.24) is 19.6 Å². The largest absolute Gasteiger partial charge is 0.573 e. The summed E-state index contributed by atoms with van der Waals surface area (Å²) in [4.78, 5) is 9.18. The van der Waals surface area contributed by atoms with Gasteiger partial charge in [-0.1, -0.05) is 16.6 Å². The molecule has 4 aromatic rings. The van der Waals surface area contributed by atoms with E-state index in [0.29, 0.717) is 16.0 Å². The van der Waals surface area contributed by atoms with Crippen LogP contribution in [0, 0.1) is 11.3 Å². The minimum absolute atomic E-state index is 0.0116. The van der Waals surface area contributed by atoms with Crippen molar-refractivity contribution < 1.29 is 31.2 Å². The second-order valence-corrected chi connectivity index (χ2v) is 8.81. The third-order valence-corrected chi connectivity index (χ3v) is 6.51. The Morgan fingerprint density at radius 1 is 1.15 bits per heavy atom. The van der Waals surface area contributed by atoms with E-state index >= 15 is 0 Å². The Morgan fingerprint density at radius 3 is 2.59 bits per heavy atom. The van der Waals surface area contributed by atoms with E-state index in [1.807, 2.05) is 0 Å². The van der Waals surface area contributed by atoms with Gasteiger partial charge >= 0.3 is 6.36 Å². The Kier molecular flexibility index (Phi) is 6.09. The summed E-state index contributed by atoms with van der Waals surface area (Å²) < 4.78 is 73.3. The molecule has 174 valence electrons. The van der Waals surface area contributed by atoms with E-state index in [2.05, 4.69) is 24.3 Å². The van der Waals surface area contributed by atoms with E-state index in [-0.39, 0.29) is 32.6 Å². The minimum Gasteiger partial charge on any atom is -0.406 e. The number of ether oxygens (including phenoxy) is 1. The number of H-pyrrole nitrogens is 1. The van der Waals surface area contributed by atoms with Crippen LogP contribution < -0.4 is 14.0 Å². The highest BCUT2D eigenvalue weighted by atomic mass is 32.2. The van der Waals surface area contributed by atoms with E-state index in [0.717, 1.165) is 24.5 Å². The van der Waals surface area contributed by atoms with Crippen LogP contribution in [0.25, 0.3) is 11.3 Å². The predicted octanol–water partition coefficient (Wildman–Crippen LogP) is 3.89. The maximum absolute atomic E-state index is 13.5. The van der Waals surface area contributed by atoms with Crippen LogP contribution in [0.3, 0.4) is 0 Å². The molecule has 0 saturated carbocycles. The number of nitriles is 1. The van der Waals surface area contributed by atoms with E-state index < -0.39 is 22.1 Å². The summed E-state index contributed by atoms with van der Waals surface area (Å²) in [5.41, 5.74) is 0.0792. The molecule has 0 aliphatic carbocycles. The molecule has 2 heterocycles. The Hall–Kier alpha value is -4.16. The van der Waals surface area contributed by atoms with Crippen LogP contribution >= 0.6 is 11.5 Å². The third-order valence-electron chi connectivity index (χ3n) is 4.17. The first-order chi connectivity index (χ1) is 16.2. The molecular weight excluding hydrogens is 497 g/mol. The normalized spacial score (nSPS) is 11.6. The molecule has 0 unspecified atom stereocenters. The molecule has 2 aromatic heterocycles. The third kappa shape index (κ3) is 4.77. The quantitative estimate of drug-likeness (QED) is 0.372. The molecule has 0 saturated heterocycles. The number of nitrogens with one attached hydrogen (secondary N) is 1. The van der Waals surface area contributed by atoms with Gasteiger partial charge in [0.15, 0.2) is 5.75 Å². The number of hydrogen-bond acceptors (Lipinski definition) is 9. The van der Waals surface area contributed by atoms with Gasteiger partial charge in [-0.15, -0.1) is 13.2 Å². The van der Waals surface area contributed by atoms with E-state index in [1.165, 1.54) is 36.5 Å². The number of aromatic amines is 1. The highest BCUT2D eigenvalue weighted by Crippen LogP contribution is 2.37. The molecule has 0 radical (unpaired) electrons. The summed E-state index contributed by atoms with van der Waals surface area (Å²) in [5.74, 6) is -0.739.